The predicted molar refractivity (Wildman–Crippen MR) is 85.4 cm³/mol. The molecule has 0 spiro atoms. The minimum atomic E-state index is -2.48. The SMILES string of the molecule is O=C(Nc1ccc(Br)cc1Cl)c1ccc(SC(F)F)cc1. The van der Waals surface area contributed by atoms with E-state index in [0.717, 1.165) is 4.47 Å². The molecule has 0 heterocycles. The Bertz CT molecular complexity index is 652. The first kappa shape index (κ1) is 16.3. The number of alkyl halides is 2. The maximum atomic E-state index is 12.2. The molecule has 21 heavy (non-hydrogen) atoms. The highest BCUT2D eigenvalue weighted by molar-refractivity contribution is 9.10. The lowest BCUT2D eigenvalue weighted by molar-refractivity contribution is 0.102. The van der Waals surface area contributed by atoms with Crippen LogP contribution in [-0.2, 0) is 0 Å². The fourth-order valence-corrected chi connectivity index (χ4v) is 2.79. The second-order valence-corrected chi connectivity index (χ2v) is 6.37. The van der Waals surface area contributed by atoms with Crippen molar-refractivity contribution >= 4 is 50.9 Å². The quantitative estimate of drug-likeness (QED) is 0.679. The Balaban J connectivity index is 2.09. The van der Waals surface area contributed by atoms with Crippen LogP contribution < -0.4 is 5.32 Å². The second kappa shape index (κ2) is 7.24. The molecule has 110 valence electrons. The van der Waals surface area contributed by atoms with Crippen LogP contribution in [0.4, 0.5) is 14.5 Å². The van der Waals surface area contributed by atoms with Crippen LogP contribution in [0.5, 0.6) is 0 Å². The lowest BCUT2D eigenvalue weighted by atomic mass is 10.2. The fraction of sp³-hybridized carbons (Fsp3) is 0.0714. The van der Waals surface area contributed by atoms with E-state index in [1.165, 1.54) is 24.3 Å². The summed E-state index contributed by atoms with van der Waals surface area (Å²) in [5.74, 6) is -2.83. The van der Waals surface area contributed by atoms with Gasteiger partial charge in [0, 0.05) is 14.9 Å². The van der Waals surface area contributed by atoms with E-state index < -0.39 is 5.76 Å². The average molecular weight is 393 g/mol. The molecule has 0 radical (unpaired) electrons. The number of carbonyl (C=O) groups is 1. The van der Waals surface area contributed by atoms with E-state index in [1.807, 2.05) is 0 Å². The summed E-state index contributed by atoms with van der Waals surface area (Å²) in [7, 11) is 0. The molecule has 2 aromatic rings. The van der Waals surface area contributed by atoms with Gasteiger partial charge in [-0.3, -0.25) is 4.79 Å². The number of thioether (sulfide) groups is 1. The molecule has 2 aromatic carbocycles. The van der Waals surface area contributed by atoms with Gasteiger partial charge in [0.25, 0.3) is 11.7 Å². The van der Waals surface area contributed by atoms with E-state index in [0.29, 0.717) is 32.9 Å². The van der Waals surface area contributed by atoms with Gasteiger partial charge in [0.1, 0.15) is 0 Å². The maximum absolute atomic E-state index is 12.2. The second-order valence-electron chi connectivity index (χ2n) is 3.98. The zero-order valence-corrected chi connectivity index (χ0v) is 13.6. The molecule has 0 aliphatic heterocycles. The van der Waals surface area contributed by atoms with Crippen molar-refractivity contribution in [3.8, 4) is 0 Å². The van der Waals surface area contributed by atoms with E-state index in [9.17, 15) is 13.6 Å². The van der Waals surface area contributed by atoms with Crippen molar-refractivity contribution in [1.29, 1.82) is 0 Å². The van der Waals surface area contributed by atoms with Crippen molar-refractivity contribution in [2.45, 2.75) is 10.7 Å². The van der Waals surface area contributed by atoms with Gasteiger partial charge < -0.3 is 5.32 Å². The molecule has 0 aliphatic rings. The van der Waals surface area contributed by atoms with E-state index in [1.54, 1.807) is 18.2 Å². The maximum Gasteiger partial charge on any atom is 0.288 e. The molecular formula is C14H9BrClF2NOS. The molecule has 0 unspecified atom stereocenters. The van der Waals surface area contributed by atoms with E-state index in [4.69, 9.17) is 11.6 Å². The Kier molecular flexibility index (Phi) is 5.61. The molecule has 1 N–H and O–H groups in total. The number of benzene rings is 2. The zero-order chi connectivity index (χ0) is 15.4. The molecule has 0 saturated carbocycles. The van der Waals surface area contributed by atoms with Gasteiger partial charge in [-0.2, -0.15) is 8.78 Å². The molecule has 0 aromatic heterocycles. The van der Waals surface area contributed by atoms with Crippen LogP contribution in [0, 0.1) is 0 Å². The number of anilines is 1. The third-order valence-corrected chi connectivity index (χ3v) is 4.05. The van der Waals surface area contributed by atoms with Gasteiger partial charge in [-0.1, -0.05) is 39.3 Å². The van der Waals surface area contributed by atoms with Gasteiger partial charge in [0.05, 0.1) is 10.7 Å². The van der Waals surface area contributed by atoms with Crippen molar-refractivity contribution in [2.24, 2.45) is 0 Å². The number of carbonyl (C=O) groups excluding carboxylic acids is 1. The summed E-state index contributed by atoms with van der Waals surface area (Å²) < 4.78 is 25.2. The van der Waals surface area contributed by atoms with Crippen LogP contribution in [0.1, 0.15) is 10.4 Å². The van der Waals surface area contributed by atoms with Gasteiger partial charge in [-0.25, -0.2) is 0 Å². The monoisotopic (exact) mass is 391 g/mol. The van der Waals surface area contributed by atoms with Crippen molar-refractivity contribution in [3.05, 3.63) is 57.5 Å². The van der Waals surface area contributed by atoms with Crippen molar-refractivity contribution < 1.29 is 13.6 Å². The summed E-state index contributed by atoms with van der Waals surface area (Å²) >= 11 is 9.72. The highest BCUT2D eigenvalue weighted by Gasteiger charge is 2.10. The van der Waals surface area contributed by atoms with Crippen LogP contribution in [0.25, 0.3) is 0 Å². The van der Waals surface area contributed by atoms with Crippen LogP contribution in [0.2, 0.25) is 5.02 Å². The summed E-state index contributed by atoms with van der Waals surface area (Å²) in [5.41, 5.74) is 0.850. The van der Waals surface area contributed by atoms with Crippen molar-refractivity contribution in [1.82, 2.24) is 0 Å². The first-order valence-electron chi connectivity index (χ1n) is 5.77. The molecule has 0 saturated heterocycles. The third-order valence-electron chi connectivity index (χ3n) is 2.52. The Morgan fingerprint density at radius 3 is 2.43 bits per heavy atom. The largest absolute Gasteiger partial charge is 0.321 e. The molecule has 0 atom stereocenters. The van der Waals surface area contributed by atoms with Crippen LogP contribution in [-0.4, -0.2) is 11.7 Å². The van der Waals surface area contributed by atoms with Gasteiger partial charge >= 0.3 is 0 Å². The minimum Gasteiger partial charge on any atom is -0.321 e. The van der Waals surface area contributed by atoms with E-state index >= 15 is 0 Å². The molecule has 2 nitrogen and oxygen atoms in total. The summed E-state index contributed by atoms with van der Waals surface area (Å²) in [5, 5.41) is 3.07. The summed E-state index contributed by atoms with van der Waals surface area (Å²) in [6.07, 6.45) is 0. The lowest BCUT2D eigenvalue weighted by Crippen LogP contribution is -2.12. The summed E-state index contributed by atoms with van der Waals surface area (Å²) in [6, 6.07) is 11.0. The summed E-state index contributed by atoms with van der Waals surface area (Å²) in [4.78, 5) is 12.5. The Labute approximate surface area is 138 Å². The number of hydrogen-bond donors (Lipinski definition) is 1. The molecule has 1 amide bonds. The molecule has 2 rings (SSSR count). The molecule has 0 bridgehead atoms. The van der Waals surface area contributed by atoms with Gasteiger partial charge in [-0.15, -0.1) is 0 Å². The highest BCUT2D eigenvalue weighted by Crippen LogP contribution is 2.27. The zero-order valence-electron chi connectivity index (χ0n) is 10.4. The molecule has 0 aliphatic carbocycles. The standard InChI is InChI=1S/C14H9BrClF2NOS/c15-9-3-6-12(11(16)7-9)19-13(20)8-1-4-10(5-2-8)21-14(17)18/h1-7,14H,(H,19,20). The molecule has 7 heteroatoms. The lowest BCUT2D eigenvalue weighted by Gasteiger charge is -2.08. The van der Waals surface area contributed by atoms with Crippen LogP contribution in [0.3, 0.4) is 0 Å². The number of amides is 1. The predicted octanol–water partition coefficient (Wildman–Crippen LogP) is 5.67. The first-order valence-corrected chi connectivity index (χ1v) is 7.82. The number of rotatable bonds is 4. The Morgan fingerprint density at radius 1 is 1.19 bits per heavy atom. The smallest absolute Gasteiger partial charge is 0.288 e. The van der Waals surface area contributed by atoms with E-state index in [-0.39, 0.29) is 5.91 Å². The normalized spacial score (nSPS) is 10.7. The van der Waals surface area contributed by atoms with Gasteiger partial charge in [-0.05, 0) is 42.5 Å². The van der Waals surface area contributed by atoms with Crippen LogP contribution >= 0.6 is 39.3 Å². The van der Waals surface area contributed by atoms with Crippen molar-refractivity contribution in [3.63, 3.8) is 0 Å². The third kappa shape index (κ3) is 4.69. The minimum absolute atomic E-state index is 0.354. The van der Waals surface area contributed by atoms with Gasteiger partial charge in [0.2, 0.25) is 0 Å². The van der Waals surface area contributed by atoms with Crippen LogP contribution in [0.15, 0.2) is 51.8 Å². The number of hydrogen-bond acceptors (Lipinski definition) is 2. The Hall–Kier alpha value is -1.11. The fourth-order valence-electron chi connectivity index (χ4n) is 1.57. The molecule has 0 fully saturated rings. The van der Waals surface area contributed by atoms with E-state index in [2.05, 4.69) is 21.2 Å². The van der Waals surface area contributed by atoms with Crippen molar-refractivity contribution in [2.75, 3.05) is 5.32 Å². The van der Waals surface area contributed by atoms with Gasteiger partial charge in [0.15, 0.2) is 0 Å². The summed E-state index contributed by atoms with van der Waals surface area (Å²) in [6.45, 7) is 0. The Morgan fingerprint density at radius 2 is 1.86 bits per heavy atom. The first-order chi connectivity index (χ1) is 9.95. The number of halogens is 4. The highest BCUT2D eigenvalue weighted by atomic mass is 79.9. The topological polar surface area (TPSA) is 29.1 Å². The average Bonchev–Trinajstić information content (AvgIpc) is 2.42. The number of nitrogens with one attached hydrogen (secondary N) is 1. The molecular weight excluding hydrogens is 384 g/mol.